The molecule has 0 radical (unpaired) electrons. The van der Waals surface area contributed by atoms with Gasteiger partial charge in [-0.25, -0.2) is 4.79 Å². The molecule has 2 aliphatic rings. The fourth-order valence-corrected chi connectivity index (χ4v) is 5.23. The number of amides is 4. The summed E-state index contributed by atoms with van der Waals surface area (Å²) in [5.41, 5.74) is 0.126. The summed E-state index contributed by atoms with van der Waals surface area (Å²) in [5.74, 6) is -0.493. The zero-order valence-electron chi connectivity index (χ0n) is 17.8. The van der Waals surface area contributed by atoms with Gasteiger partial charge < -0.3 is 10.6 Å². The van der Waals surface area contributed by atoms with Crippen LogP contribution in [0.25, 0.3) is 10.8 Å². The summed E-state index contributed by atoms with van der Waals surface area (Å²) in [6.07, 6.45) is 2.85. The lowest BCUT2D eigenvalue weighted by atomic mass is 9.67. The third kappa shape index (κ3) is 3.24. The number of fused-ring (bicyclic) bond motifs is 1. The number of nitrogens with one attached hydrogen (secondary N) is 2. The van der Waals surface area contributed by atoms with E-state index in [0.29, 0.717) is 0 Å². The Balaban J connectivity index is 1.49. The summed E-state index contributed by atoms with van der Waals surface area (Å²) < 4.78 is 0. The van der Waals surface area contributed by atoms with Crippen LogP contribution >= 0.6 is 0 Å². The molecule has 1 aliphatic carbocycles. The standard InChI is InChI=1S/C24H29N3O3/c1-15-8-6-9-16(2)24(15)22(29)27(23(30)26-24)14-21(28)25-17(3)19-13-7-11-18-10-4-5-12-20(18)19/h4-5,7,10-13,15-17H,6,8-9,14H2,1-3H3,(H,25,28)(H,26,30)/t15-,16+,17-,24?/m0/s1. The Hall–Kier alpha value is -2.89. The Morgan fingerprint density at radius 3 is 2.53 bits per heavy atom. The Kier molecular flexibility index (Phi) is 5.26. The summed E-state index contributed by atoms with van der Waals surface area (Å²) in [6, 6.07) is 13.3. The molecule has 6 nitrogen and oxygen atoms in total. The molecule has 1 spiro atoms. The molecule has 30 heavy (non-hydrogen) atoms. The van der Waals surface area contributed by atoms with Gasteiger partial charge in [0.05, 0.1) is 6.04 Å². The van der Waals surface area contributed by atoms with Gasteiger partial charge in [0.2, 0.25) is 5.91 Å². The number of urea groups is 1. The molecule has 1 heterocycles. The minimum Gasteiger partial charge on any atom is -0.348 e. The predicted octanol–water partition coefficient (Wildman–Crippen LogP) is 3.76. The summed E-state index contributed by atoms with van der Waals surface area (Å²) in [4.78, 5) is 39.7. The number of carbonyl (C=O) groups is 3. The van der Waals surface area contributed by atoms with Crippen molar-refractivity contribution >= 4 is 28.6 Å². The van der Waals surface area contributed by atoms with Crippen LogP contribution in [0, 0.1) is 11.8 Å². The summed E-state index contributed by atoms with van der Waals surface area (Å²) in [6.45, 7) is 5.68. The third-order valence-corrected chi connectivity index (χ3v) is 6.96. The fraction of sp³-hybridized carbons (Fsp3) is 0.458. The Morgan fingerprint density at radius 1 is 1.13 bits per heavy atom. The van der Waals surface area contributed by atoms with Crippen molar-refractivity contribution in [3.05, 3.63) is 48.0 Å². The quantitative estimate of drug-likeness (QED) is 0.758. The van der Waals surface area contributed by atoms with E-state index in [4.69, 9.17) is 0 Å². The molecule has 4 amide bonds. The smallest absolute Gasteiger partial charge is 0.325 e. The zero-order chi connectivity index (χ0) is 21.5. The van der Waals surface area contributed by atoms with Gasteiger partial charge in [-0.1, -0.05) is 62.7 Å². The molecule has 2 fully saturated rings. The van der Waals surface area contributed by atoms with Gasteiger partial charge in [-0.3, -0.25) is 14.5 Å². The highest BCUT2D eigenvalue weighted by atomic mass is 16.2. The van der Waals surface area contributed by atoms with Crippen molar-refractivity contribution < 1.29 is 14.4 Å². The number of nitrogens with zero attached hydrogens (tertiary/aromatic N) is 1. The second kappa shape index (κ2) is 7.74. The predicted molar refractivity (Wildman–Crippen MR) is 116 cm³/mol. The van der Waals surface area contributed by atoms with Crippen molar-refractivity contribution in [3.8, 4) is 0 Å². The van der Waals surface area contributed by atoms with Crippen molar-refractivity contribution in [3.63, 3.8) is 0 Å². The van der Waals surface area contributed by atoms with Crippen LogP contribution in [-0.2, 0) is 9.59 Å². The van der Waals surface area contributed by atoms with E-state index in [1.807, 2.05) is 63.2 Å². The number of hydrogen-bond donors (Lipinski definition) is 2. The summed E-state index contributed by atoms with van der Waals surface area (Å²) in [7, 11) is 0. The highest BCUT2D eigenvalue weighted by Gasteiger charge is 2.58. The summed E-state index contributed by atoms with van der Waals surface area (Å²) >= 11 is 0. The maximum atomic E-state index is 13.2. The van der Waals surface area contributed by atoms with Crippen LogP contribution < -0.4 is 10.6 Å². The molecule has 1 saturated carbocycles. The van der Waals surface area contributed by atoms with Crippen molar-refractivity contribution in [1.82, 2.24) is 15.5 Å². The van der Waals surface area contributed by atoms with Crippen molar-refractivity contribution in [2.45, 2.75) is 51.6 Å². The zero-order valence-corrected chi connectivity index (χ0v) is 17.8. The first-order chi connectivity index (χ1) is 14.3. The van der Waals surface area contributed by atoms with Crippen LogP contribution in [0.1, 0.15) is 51.6 Å². The van der Waals surface area contributed by atoms with E-state index >= 15 is 0 Å². The minimum absolute atomic E-state index is 0.0559. The first kappa shape index (κ1) is 20.4. The van der Waals surface area contributed by atoms with Gasteiger partial charge in [-0.2, -0.15) is 0 Å². The molecule has 6 heteroatoms. The van der Waals surface area contributed by atoms with Crippen LogP contribution in [0.4, 0.5) is 4.79 Å². The van der Waals surface area contributed by atoms with Gasteiger partial charge in [0.25, 0.3) is 5.91 Å². The topological polar surface area (TPSA) is 78.5 Å². The molecular formula is C24H29N3O3. The van der Waals surface area contributed by atoms with Gasteiger partial charge in [0, 0.05) is 0 Å². The summed E-state index contributed by atoms with van der Waals surface area (Å²) in [5, 5.41) is 8.08. The van der Waals surface area contributed by atoms with Crippen molar-refractivity contribution in [2.24, 2.45) is 11.8 Å². The van der Waals surface area contributed by atoms with Gasteiger partial charge >= 0.3 is 6.03 Å². The highest BCUT2D eigenvalue weighted by Crippen LogP contribution is 2.42. The Morgan fingerprint density at radius 2 is 1.80 bits per heavy atom. The second-order valence-electron chi connectivity index (χ2n) is 8.78. The fourth-order valence-electron chi connectivity index (χ4n) is 5.23. The SMILES string of the molecule is C[C@H](NC(=O)CN1C(=O)NC2(C1=O)[C@H](C)CCC[C@@H]2C)c1cccc2ccccc12. The number of imide groups is 1. The van der Waals surface area contributed by atoms with Gasteiger partial charge in [-0.05, 0) is 47.9 Å². The molecular weight excluding hydrogens is 378 g/mol. The first-order valence-electron chi connectivity index (χ1n) is 10.8. The molecule has 0 bridgehead atoms. The highest BCUT2D eigenvalue weighted by molar-refractivity contribution is 6.09. The van der Waals surface area contributed by atoms with Gasteiger partial charge in [0.15, 0.2) is 0 Å². The lowest BCUT2D eigenvalue weighted by Gasteiger charge is -2.42. The van der Waals surface area contributed by atoms with E-state index in [0.717, 1.165) is 40.5 Å². The van der Waals surface area contributed by atoms with E-state index in [1.54, 1.807) is 0 Å². The molecule has 1 saturated heterocycles. The second-order valence-corrected chi connectivity index (χ2v) is 8.78. The van der Waals surface area contributed by atoms with E-state index in [9.17, 15) is 14.4 Å². The normalized spacial score (nSPS) is 27.4. The first-order valence-corrected chi connectivity index (χ1v) is 10.8. The molecule has 0 aromatic heterocycles. The maximum absolute atomic E-state index is 13.2. The Labute approximate surface area is 177 Å². The van der Waals surface area contributed by atoms with E-state index in [-0.39, 0.29) is 36.2 Å². The van der Waals surface area contributed by atoms with Gasteiger partial charge in [-0.15, -0.1) is 0 Å². The van der Waals surface area contributed by atoms with E-state index in [1.165, 1.54) is 0 Å². The van der Waals surface area contributed by atoms with Gasteiger partial charge in [0.1, 0.15) is 12.1 Å². The molecule has 4 rings (SSSR count). The number of carbonyl (C=O) groups excluding carboxylic acids is 3. The van der Waals surface area contributed by atoms with Crippen LogP contribution in [0.5, 0.6) is 0 Å². The van der Waals surface area contributed by atoms with Crippen molar-refractivity contribution in [2.75, 3.05) is 6.54 Å². The average Bonchev–Trinajstić information content (AvgIpc) is 2.97. The molecule has 2 aromatic carbocycles. The Bertz CT molecular complexity index is 987. The lowest BCUT2D eigenvalue weighted by Crippen LogP contribution is -2.59. The number of hydrogen-bond acceptors (Lipinski definition) is 3. The number of benzene rings is 2. The monoisotopic (exact) mass is 407 g/mol. The van der Waals surface area contributed by atoms with Crippen molar-refractivity contribution in [1.29, 1.82) is 0 Å². The van der Waals surface area contributed by atoms with Crippen LogP contribution in [0.2, 0.25) is 0 Å². The van der Waals surface area contributed by atoms with Crippen LogP contribution in [0.15, 0.2) is 42.5 Å². The average molecular weight is 408 g/mol. The lowest BCUT2D eigenvalue weighted by molar-refractivity contribution is -0.139. The maximum Gasteiger partial charge on any atom is 0.325 e. The molecule has 4 atom stereocenters. The van der Waals surface area contributed by atoms with E-state index in [2.05, 4.69) is 10.6 Å². The van der Waals surface area contributed by atoms with Crippen LogP contribution in [0.3, 0.4) is 0 Å². The molecule has 1 aliphatic heterocycles. The molecule has 1 unspecified atom stereocenters. The number of rotatable bonds is 4. The minimum atomic E-state index is -0.878. The van der Waals surface area contributed by atoms with Crippen LogP contribution in [-0.4, -0.2) is 34.8 Å². The molecule has 158 valence electrons. The van der Waals surface area contributed by atoms with E-state index < -0.39 is 11.6 Å². The molecule has 2 N–H and O–H groups in total. The largest absolute Gasteiger partial charge is 0.348 e. The molecule has 2 aromatic rings. The third-order valence-electron chi connectivity index (χ3n) is 6.96.